The fraction of sp³-hybridized carbons (Fsp3) is 0.360. The molecule has 1 aliphatic rings. The summed E-state index contributed by atoms with van der Waals surface area (Å²) in [4.78, 5) is 34.0. The van der Waals surface area contributed by atoms with E-state index in [1.54, 1.807) is 36.4 Å². The minimum absolute atomic E-state index is 0.203. The fourth-order valence-corrected chi connectivity index (χ4v) is 3.56. The Morgan fingerprint density at radius 1 is 0.914 bits per heavy atom. The van der Waals surface area contributed by atoms with Gasteiger partial charge in [-0.1, -0.05) is 32.0 Å². The van der Waals surface area contributed by atoms with Crippen LogP contribution in [0.25, 0.3) is 0 Å². The molecule has 1 fully saturated rings. The summed E-state index contributed by atoms with van der Waals surface area (Å²) in [5, 5.41) is 12.1. The molecule has 3 aromatic rings. The van der Waals surface area contributed by atoms with Gasteiger partial charge < -0.3 is 25.0 Å². The van der Waals surface area contributed by atoms with Crippen LogP contribution in [-0.4, -0.2) is 60.2 Å². The molecule has 10 heteroatoms. The molecule has 4 rings (SSSR count). The number of amides is 3. The molecule has 184 valence electrons. The zero-order valence-corrected chi connectivity index (χ0v) is 20.5. The predicted molar refractivity (Wildman–Crippen MR) is 136 cm³/mol. The summed E-state index contributed by atoms with van der Waals surface area (Å²) in [5.41, 5.74) is 1.31. The molecule has 1 saturated heterocycles. The maximum Gasteiger partial charge on any atom is 0.324 e. The molecule has 3 N–H and O–H groups in total. The van der Waals surface area contributed by atoms with E-state index in [-0.39, 0.29) is 11.3 Å². The van der Waals surface area contributed by atoms with Gasteiger partial charge in [-0.3, -0.25) is 10.1 Å². The summed E-state index contributed by atoms with van der Waals surface area (Å²) in [6, 6.07) is 13.6. The lowest BCUT2D eigenvalue weighted by molar-refractivity contribution is 0.102. The Labute approximate surface area is 204 Å². The predicted octanol–water partition coefficient (Wildman–Crippen LogP) is 4.02. The van der Waals surface area contributed by atoms with E-state index in [4.69, 9.17) is 4.52 Å². The molecular weight excluding hydrogens is 446 g/mol. The van der Waals surface area contributed by atoms with Crippen molar-refractivity contribution >= 4 is 34.9 Å². The van der Waals surface area contributed by atoms with Crippen molar-refractivity contribution in [3.8, 4) is 0 Å². The Morgan fingerprint density at radius 2 is 1.57 bits per heavy atom. The SMILES string of the molecule is CN1CCN(c2cccc(C(=O)Nc3ccc(NC(=O)Nc4cc(C(C)(C)C)on4)cc3)n2)CC1. The van der Waals surface area contributed by atoms with Crippen LogP contribution in [0, 0.1) is 0 Å². The number of rotatable bonds is 5. The maximum absolute atomic E-state index is 12.7. The number of carbonyl (C=O) groups excluding carboxylic acids is 2. The number of aromatic nitrogens is 2. The van der Waals surface area contributed by atoms with Crippen LogP contribution in [0.5, 0.6) is 0 Å². The number of nitrogens with zero attached hydrogens (tertiary/aromatic N) is 4. The normalized spacial score (nSPS) is 14.5. The van der Waals surface area contributed by atoms with Gasteiger partial charge in [0.2, 0.25) is 0 Å². The maximum atomic E-state index is 12.7. The molecule has 1 aliphatic heterocycles. The van der Waals surface area contributed by atoms with Gasteiger partial charge in [-0.25, -0.2) is 9.78 Å². The quantitative estimate of drug-likeness (QED) is 0.508. The third-order valence-electron chi connectivity index (χ3n) is 5.69. The van der Waals surface area contributed by atoms with Gasteiger partial charge in [0.25, 0.3) is 5.91 Å². The molecule has 35 heavy (non-hydrogen) atoms. The van der Waals surface area contributed by atoms with Gasteiger partial charge >= 0.3 is 6.03 Å². The third-order valence-corrected chi connectivity index (χ3v) is 5.69. The van der Waals surface area contributed by atoms with Crippen molar-refractivity contribution < 1.29 is 14.1 Å². The highest BCUT2D eigenvalue weighted by Gasteiger charge is 2.20. The van der Waals surface area contributed by atoms with Gasteiger partial charge in [-0.2, -0.15) is 0 Å². The summed E-state index contributed by atoms with van der Waals surface area (Å²) in [7, 11) is 2.10. The number of pyridine rings is 1. The number of hydrogen-bond acceptors (Lipinski definition) is 7. The third kappa shape index (κ3) is 6.36. The van der Waals surface area contributed by atoms with Crippen LogP contribution in [0.4, 0.5) is 27.8 Å². The highest BCUT2D eigenvalue weighted by molar-refractivity contribution is 6.03. The lowest BCUT2D eigenvalue weighted by atomic mass is 9.93. The van der Waals surface area contributed by atoms with Gasteiger partial charge in [0.15, 0.2) is 5.82 Å². The van der Waals surface area contributed by atoms with Gasteiger partial charge in [-0.05, 0) is 43.4 Å². The van der Waals surface area contributed by atoms with Crippen molar-refractivity contribution in [2.24, 2.45) is 0 Å². The van der Waals surface area contributed by atoms with E-state index in [0.717, 1.165) is 32.0 Å². The van der Waals surface area contributed by atoms with Crippen LogP contribution in [0.1, 0.15) is 37.0 Å². The molecule has 0 saturated carbocycles. The zero-order chi connectivity index (χ0) is 25.0. The number of likely N-dealkylation sites (N-methyl/N-ethyl adjacent to an activating group) is 1. The van der Waals surface area contributed by atoms with E-state index in [9.17, 15) is 9.59 Å². The van der Waals surface area contributed by atoms with Gasteiger partial charge in [0.1, 0.15) is 17.3 Å². The van der Waals surface area contributed by atoms with Crippen molar-refractivity contribution in [3.63, 3.8) is 0 Å². The first kappa shape index (κ1) is 24.2. The topological polar surface area (TPSA) is 116 Å². The second-order valence-electron chi connectivity index (χ2n) is 9.61. The molecule has 1 aromatic carbocycles. The molecule has 0 unspecified atom stereocenters. The highest BCUT2D eigenvalue weighted by atomic mass is 16.5. The van der Waals surface area contributed by atoms with E-state index in [1.807, 2.05) is 32.9 Å². The average Bonchev–Trinajstić information content (AvgIpc) is 3.30. The number of hydrogen-bond donors (Lipinski definition) is 3. The lowest BCUT2D eigenvalue weighted by Crippen LogP contribution is -2.44. The molecule has 2 aromatic heterocycles. The van der Waals surface area contributed by atoms with Crippen LogP contribution in [0.2, 0.25) is 0 Å². The Hall–Kier alpha value is -3.92. The number of urea groups is 1. The molecule has 3 heterocycles. The van der Waals surface area contributed by atoms with E-state index in [2.05, 4.69) is 42.9 Å². The first-order valence-corrected chi connectivity index (χ1v) is 11.5. The van der Waals surface area contributed by atoms with Crippen molar-refractivity contribution in [1.82, 2.24) is 15.0 Å². The lowest BCUT2D eigenvalue weighted by Gasteiger charge is -2.33. The molecule has 0 radical (unpaired) electrons. The average molecular weight is 478 g/mol. The Kier molecular flexibility index (Phi) is 7.02. The highest BCUT2D eigenvalue weighted by Crippen LogP contribution is 2.24. The number of benzene rings is 1. The van der Waals surface area contributed by atoms with Crippen molar-refractivity contribution in [1.29, 1.82) is 0 Å². The Bertz CT molecular complexity index is 1180. The summed E-state index contributed by atoms with van der Waals surface area (Å²) >= 11 is 0. The van der Waals surface area contributed by atoms with Crippen LogP contribution >= 0.6 is 0 Å². The number of piperazine rings is 1. The smallest absolute Gasteiger partial charge is 0.324 e. The minimum Gasteiger partial charge on any atom is -0.359 e. The minimum atomic E-state index is -0.444. The number of anilines is 4. The van der Waals surface area contributed by atoms with Crippen molar-refractivity contribution in [2.45, 2.75) is 26.2 Å². The first-order chi connectivity index (χ1) is 16.7. The van der Waals surface area contributed by atoms with E-state index in [0.29, 0.717) is 28.6 Å². The van der Waals surface area contributed by atoms with Gasteiger partial charge in [-0.15, -0.1) is 0 Å². The zero-order valence-electron chi connectivity index (χ0n) is 20.5. The summed E-state index contributed by atoms with van der Waals surface area (Å²) in [6.07, 6.45) is 0. The standard InChI is InChI=1S/C25H31N7O3/c1-25(2,3)20-16-21(30-35-20)29-24(34)27-18-10-8-17(9-11-18)26-23(33)19-6-5-7-22(28-19)32-14-12-31(4)13-15-32/h5-11,16H,12-15H2,1-4H3,(H,26,33)(H2,27,29,30,34). The first-order valence-electron chi connectivity index (χ1n) is 11.5. The Morgan fingerprint density at radius 3 is 2.20 bits per heavy atom. The van der Waals surface area contributed by atoms with E-state index < -0.39 is 6.03 Å². The summed E-state index contributed by atoms with van der Waals surface area (Å²) < 4.78 is 5.27. The molecule has 0 aliphatic carbocycles. The largest absolute Gasteiger partial charge is 0.359 e. The second kappa shape index (κ2) is 10.1. The van der Waals surface area contributed by atoms with Gasteiger partial charge in [0, 0.05) is 49.0 Å². The van der Waals surface area contributed by atoms with Crippen LogP contribution in [0.3, 0.4) is 0 Å². The van der Waals surface area contributed by atoms with Crippen molar-refractivity contribution in [2.75, 3.05) is 54.1 Å². The number of nitrogens with one attached hydrogen (secondary N) is 3. The second-order valence-corrected chi connectivity index (χ2v) is 9.61. The van der Waals surface area contributed by atoms with E-state index in [1.165, 1.54) is 0 Å². The molecular formula is C25H31N7O3. The van der Waals surface area contributed by atoms with Crippen LogP contribution < -0.4 is 20.9 Å². The van der Waals surface area contributed by atoms with Crippen LogP contribution in [0.15, 0.2) is 53.1 Å². The Balaban J connectivity index is 1.32. The summed E-state index contributed by atoms with van der Waals surface area (Å²) in [6.45, 7) is 9.68. The number of carbonyl (C=O) groups is 2. The van der Waals surface area contributed by atoms with Crippen LogP contribution in [-0.2, 0) is 5.41 Å². The monoisotopic (exact) mass is 477 g/mol. The molecule has 0 spiro atoms. The fourth-order valence-electron chi connectivity index (χ4n) is 3.56. The molecule has 0 bridgehead atoms. The van der Waals surface area contributed by atoms with Crippen molar-refractivity contribution in [3.05, 3.63) is 60.0 Å². The van der Waals surface area contributed by atoms with Gasteiger partial charge in [0.05, 0.1) is 0 Å². The molecule has 0 atom stereocenters. The van der Waals surface area contributed by atoms with E-state index >= 15 is 0 Å². The molecule has 10 nitrogen and oxygen atoms in total. The summed E-state index contributed by atoms with van der Waals surface area (Å²) in [5.74, 6) is 1.53. The molecule has 3 amide bonds.